The van der Waals surface area contributed by atoms with E-state index in [9.17, 15) is 9.18 Å². The van der Waals surface area contributed by atoms with E-state index in [1.807, 2.05) is 24.3 Å². The second kappa shape index (κ2) is 7.86. The SMILES string of the molecule is O=C(Nc1ccc(F)cc1)c1nnc(/C(Cl)=C/c2ccccc2Br)s1. The van der Waals surface area contributed by atoms with E-state index < -0.39 is 5.91 Å². The van der Waals surface area contributed by atoms with Crippen LogP contribution in [0, 0.1) is 5.82 Å². The first-order valence-corrected chi connectivity index (χ1v) is 9.04. The molecule has 1 amide bonds. The number of hydrogen-bond donors (Lipinski definition) is 1. The van der Waals surface area contributed by atoms with Gasteiger partial charge in [0.05, 0.1) is 5.03 Å². The number of rotatable bonds is 4. The van der Waals surface area contributed by atoms with Crippen LogP contribution >= 0.6 is 38.9 Å². The number of benzene rings is 2. The number of hydrogen-bond acceptors (Lipinski definition) is 4. The fourth-order valence-electron chi connectivity index (χ4n) is 1.92. The van der Waals surface area contributed by atoms with Crippen molar-refractivity contribution >= 4 is 61.6 Å². The monoisotopic (exact) mass is 437 g/mol. The number of nitrogens with zero attached hydrogens (tertiary/aromatic N) is 2. The Balaban J connectivity index is 1.76. The first kappa shape index (κ1) is 17.7. The van der Waals surface area contributed by atoms with Crippen LogP contribution in [0.2, 0.25) is 0 Å². The lowest BCUT2D eigenvalue weighted by atomic mass is 10.2. The molecule has 25 heavy (non-hydrogen) atoms. The quantitative estimate of drug-likeness (QED) is 0.591. The third-order valence-corrected chi connectivity index (χ3v) is 5.19. The first-order chi connectivity index (χ1) is 12.0. The molecule has 0 spiro atoms. The van der Waals surface area contributed by atoms with Crippen LogP contribution in [0.4, 0.5) is 10.1 Å². The molecule has 0 bridgehead atoms. The Hall–Kier alpha value is -2.09. The Labute approximate surface area is 160 Å². The van der Waals surface area contributed by atoms with Crippen molar-refractivity contribution in [2.24, 2.45) is 0 Å². The van der Waals surface area contributed by atoms with Crippen molar-refractivity contribution in [3.05, 3.63) is 74.4 Å². The number of halogens is 3. The Morgan fingerprint density at radius 3 is 2.52 bits per heavy atom. The van der Waals surface area contributed by atoms with Crippen molar-refractivity contribution < 1.29 is 9.18 Å². The summed E-state index contributed by atoms with van der Waals surface area (Å²) in [6.07, 6.45) is 1.74. The number of carbonyl (C=O) groups is 1. The van der Waals surface area contributed by atoms with Crippen LogP contribution in [-0.4, -0.2) is 16.1 Å². The summed E-state index contributed by atoms with van der Waals surface area (Å²) in [6.45, 7) is 0. The van der Waals surface area contributed by atoms with E-state index in [0.29, 0.717) is 15.7 Å². The lowest BCUT2D eigenvalue weighted by Crippen LogP contribution is -2.11. The minimum Gasteiger partial charge on any atom is -0.320 e. The predicted octanol–water partition coefficient (Wildman–Crippen LogP) is 5.43. The highest BCUT2D eigenvalue weighted by molar-refractivity contribution is 9.10. The lowest BCUT2D eigenvalue weighted by molar-refractivity contribution is 0.102. The molecule has 0 radical (unpaired) electrons. The highest BCUT2D eigenvalue weighted by Crippen LogP contribution is 2.28. The second-order valence-electron chi connectivity index (χ2n) is 4.89. The van der Waals surface area contributed by atoms with Crippen molar-refractivity contribution in [3.63, 3.8) is 0 Å². The molecule has 126 valence electrons. The van der Waals surface area contributed by atoms with Gasteiger partial charge in [-0.15, -0.1) is 10.2 Å². The van der Waals surface area contributed by atoms with Crippen molar-refractivity contribution in [1.82, 2.24) is 10.2 Å². The van der Waals surface area contributed by atoms with Gasteiger partial charge < -0.3 is 5.32 Å². The van der Waals surface area contributed by atoms with Gasteiger partial charge in [0.25, 0.3) is 5.91 Å². The molecule has 8 heteroatoms. The van der Waals surface area contributed by atoms with E-state index in [2.05, 4.69) is 31.4 Å². The molecule has 3 rings (SSSR count). The summed E-state index contributed by atoms with van der Waals surface area (Å²) in [5.41, 5.74) is 1.36. The molecule has 4 nitrogen and oxygen atoms in total. The summed E-state index contributed by atoms with van der Waals surface area (Å²) in [6, 6.07) is 13.1. The number of anilines is 1. The van der Waals surface area contributed by atoms with Gasteiger partial charge in [0.1, 0.15) is 5.82 Å². The summed E-state index contributed by atoms with van der Waals surface area (Å²) in [4.78, 5) is 12.2. The van der Waals surface area contributed by atoms with Crippen LogP contribution in [0.1, 0.15) is 20.4 Å². The fourth-order valence-corrected chi connectivity index (χ4v) is 3.24. The zero-order valence-corrected chi connectivity index (χ0v) is 15.7. The van der Waals surface area contributed by atoms with E-state index in [1.165, 1.54) is 24.3 Å². The second-order valence-corrected chi connectivity index (χ2v) is 7.13. The van der Waals surface area contributed by atoms with Crippen molar-refractivity contribution in [2.75, 3.05) is 5.32 Å². The van der Waals surface area contributed by atoms with E-state index in [1.54, 1.807) is 6.08 Å². The fraction of sp³-hybridized carbons (Fsp3) is 0. The predicted molar refractivity (Wildman–Crippen MR) is 102 cm³/mol. The van der Waals surface area contributed by atoms with Gasteiger partial charge in [0, 0.05) is 10.2 Å². The van der Waals surface area contributed by atoms with Crippen LogP contribution in [-0.2, 0) is 0 Å². The topological polar surface area (TPSA) is 54.9 Å². The molecule has 3 aromatic rings. The van der Waals surface area contributed by atoms with Gasteiger partial charge in [-0.1, -0.05) is 57.1 Å². The van der Waals surface area contributed by atoms with Crippen LogP contribution in [0.5, 0.6) is 0 Å². The van der Waals surface area contributed by atoms with Gasteiger partial charge in [-0.05, 0) is 42.0 Å². The summed E-state index contributed by atoms with van der Waals surface area (Å²) < 4.78 is 13.8. The van der Waals surface area contributed by atoms with E-state index in [4.69, 9.17) is 11.6 Å². The van der Waals surface area contributed by atoms with Crippen molar-refractivity contribution in [2.45, 2.75) is 0 Å². The highest BCUT2D eigenvalue weighted by Gasteiger charge is 2.15. The number of carbonyl (C=O) groups excluding carboxylic acids is 1. The Morgan fingerprint density at radius 2 is 1.80 bits per heavy atom. The Kier molecular flexibility index (Phi) is 5.57. The summed E-state index contributed by atoms with van der Waals surface area (Å²) >= 11 is 10.8. The largest absolute Gasteiger partial charge is 0.320 e. The average molecular weight is 439 g/mol. The summed E-state index contributed by atoms with van der Waals surface area (Å²) in [5, 5.41) is 11.4. The lowest BCUT2D eigenvalue weighted by Gasteiger charge is -2.01. The third kappa shape index (κ3) is 4.50. The molecule has 1 heterocycles. The molecule has 2 aromatic carbocycles. The molecule has 1 N–H and O–H groups in total. The summed E-state index contributed by atoms with van der Waals surface area (Å²) in [5.74, 6) is -0.805. The van der Waals surface area contributed by atoms with Crippen LogP contribution < -0.4 is 5.32 Å². The maximum absolute atomic E-state index is 12.9. The molecule has 0 saturated heterocycles. The maximum atomic E-state index is 12.9. The highest BCUT2D eigenvalue weighted by atomic mass is 79.9. The van der Waals surface area contributed by atoms with E-state index >= 15 is 0 Å². The third-order valence-electron chi connectivity index (χ3n) is 3.11. The van der Waals surface area contributed by atoms with Crippen molar-refractivity contribution in [1.29, 1.82) is 0 Å². The van der Waals surface area contributed by atoms with E-state index in [0.717, 1.165) is 21.4 Å². The zero-order valence-electron chi connectivity index (χ0n) is 12.5. The van der Waals surface area contributed by atoms with Crippen LogP contribution in [0.25, 0.3) is 11.1 Å². The maximum Gasteiger partial charge on any atom is 0.286 e. The summed E-state index contributed by atoms with van der Waals surface area (Å²) in [7, 11) is 0. The molecule has 0 fully saturated rings. The molecule has 0 saturated carbocycles. The standard InChI is InChI=1S/C17H10BrClFN3OS/c18-13-4-2-1-3-10(13)9-14(19)16-22-23-17(25-16)15(24)21-12-7-5-11(20)6-8-12/h1-9H,(H,21,24)/b14-9-. The van der Waals surface area contributed by atoms with Gasteiger partial charge in [0.15, 0.2) is 5.01 Å². The molecular formula is C17H10BrClFN3OS. The van der Waals surface area contributed by atoms with Gasteiger partial charge in [0.2, 0.25) is 5.01 Å². The smallest absolute Gasteiger partial charge is 0.286 e. The van der Waals surface area contributed by atoms with Gasteiger partial charge in [-0.2, -0.15) is 0 Å². The van der Waals surface area contributed by atoms with Crippen LogP contribution in [0.15, 0.2) is 53.0 Å². The number of amides is 1. The number of aromatic nitrogens is 2. The molecule has 0 atom stereocenters. The van der Waals surface area contributed by atoms with Crippen LogP contribution in [0.3, 0.4) is 0 Å². The van der Waals surface area contributed by atoms with Crippen molar-refractivity contribution in [3.8, 4) is 0 Å². The van der Waals surface area contributed by atoms with Gasteiger partial charge in [-0.3, -0.25) is 4.79 Å². The number of nitrogens with one attached hydrogen (secondary N) is 1. The average Bonchev–Trinajstić information content (AvgIpc) is 3.09. The van der Waals surface area contributed by atoms with E-state index in [-0.39, 0.29) is 10.8 Å². The minimum atomic E-state index is -0.430. The first-order valence-electron chi connectivity index (χ1n) is 7.05. The normalized spacial score (nSPS) is 11.4. The zero-order chi connectivity index (χ0) is 17.8. The van der Waals surface area contributed by atoms with Gasteiger partial charge >= 0.3 is 0 Å². The molecule has 1 aromatic heterocycles. The molecule has 0 aliphatic heterocycles. The van der Waals surface area contributed by atoms with Gasteiger partial charge in [-0.25, -0.2) is 4.39 Å². The molecule has 0 unspecified atom stereocenters. The Morgan fingerprint density at radius 1 is 1.12 bits per heavy atom. The molecular weight excluding hydrogens is 429 g/mol. The molecule has 0 aliphatic rings. The minimum absolute atomic E-state index is 0.165. The Bertz CT molecular complexity index is 943. The molecule has 0 aliphatic carbocycles.